The maximum Gasteiger partial charge on any atom is 0.433 e. The summed E-state index contributed by atoms with van der Waals surface area (Å²) in [6.07, 6.45) is -1.65. The summed E-state index contributed by atoms with van der Waals surface area (Å²) in [6, 6.07) is 15.1. The molecule has 0 bridgehead atoms. The number of fused-ring (bicyclic) bond motifs is 1. The molecule has 0 saturated carbocycles. The highest BCUT2D eigenvalue weighted by molar-refractivity contribution is 5.78. The molecular weight excluding hydrogens is 329 g/mol. The van der Waals surface area contributed by atoms with Gasteiger partial charge in [-0.25, -0.2) is 9.50 Å². The number of rotatable bonds is 2. The third kappa shape index (κ3) is 2.73. The Bertz CT molecular complexity index is 1020. The summed E-state index contributed by atoms with van der Waals surface area (Å²) in [5, 5.41) is 3.91. The third-order valence-electron chi connectivity index (χ3n) is 3.77. The minimum Gasteiger partial charge on any atom is -0.255 e. The normalized spacial score (nSPS) is 11.8. The van der Waals surface area contributed by atoms with Crippen LogP contribution in [0.5, 0.6) is 0 Å². The van der Waals surface area contributed by atoms with Crippen LogP contribution in [0.4, 0.5) is 13.2 Å². The highest BCUT2D eigenvalue weighted by Gasteiger charge is 2.35. The number of hydrogen-bond donors (Lipinski definition) is 0. The van der Waals surface area contributed by atoms with E-state index >= 15 is 0 Å². The predicted octanol–water partition coefficient (Wildman–Crippen LogP) is 4.48. The monoisotopic (exact) mass is 340 g/mol. The topological polar surface area (TPSA) is 43.1 Å². The van der Waals surface area contributed by atoms with Gasteiger partial charge in [-0.15, -0.1) is 0 Å². The van der Waals surface area contributed by atoms with E-state index in [0.29, 0.717) is 11.3 Å². The molecule has 0 amide bonds. The van der Waals surface area contributed by atoms with Crippen molar-refractivity contribution in [3.8, 4) is 22.5 Å². The van der Waals surface area contributed by atoms with Crippen LogP contribution in [0.2, 0.25) is 0 Å². The molecule has 4 aromatic rings. The van der Waals surface area contributed by atoms with Gasteiger partial charge in [-0.2, -0.15) is 18.3 Å². The number of hydrogen-bond acceptors (Lipinski definition) is 3. The standard InChI is InChI=1S/C18H11F3N4/c19-18(20,21)16-10-15(14-8-4-5-9-22-14)24-17-13(11-23-25(16)17)12-6-2-1-3-7-12/h1-11H. The van der Waals surface area contributed by atoms with Gasteiger partial charge in [0, 0.05) is 11.8 Å². The second kappa shape index (κ2) is 5.70. The lowest BCUT2D eigenvalue weighted by molar-refractivity contribution is -0.142. The molecule has 0 atom stereocenters. The number of aromatic nitrogens is 4. The quantitative estimate of drug-likeness (QED) is 0.540. The molecule has 25 heavy (non-hydrogen) atoms. The lowest BCUT2D eigenvalue weighted by atomic mass is 10.1. The van der Waals surface area contributed by atoms with E-state index in [0.717, 1.165) is 16.1 Å². The number of benzene rings is 1. The summed E-state index contributed by atoms with van der Waals surface area (Å²) in [5.41, 5.74) is 1.05. The minimum absolute atomic E-state index is 0.140. The van der Waals surface area contributed by atoms with Crippen LogP contribution in [-0.4, -0.2) is 19.6 Å². The van der Waals surface area contributed by atoms with Gasteiger partial charge in [-0.3, -0.25) is 4.98 Å². The van der Waals surface area contributed by atoms with Crippen LogP contribution in [0.3, 0.4) is 0 Å². The van der Waals surface area contributed by atoms with E-state index in [4.69, 9.17) is 0 Å². The summed E-state index contributed by atoms with van der Waals surface area (Å²) >= 11 is 0. The molecule has 4 nitrogen and oxygen atoms in total. The fourth-order valence-corrected chi connectivity index (χ4v) is 2.63. The van der Waals surface area contributed by atoms with Crippen molar-refractivity contribution in [2.24, 2.45) is 0 Å². The first-order valence-electron chi connectivity index (χ1n) is 7.47. The van der Waals surface area contributed by atoms with E-state index in [1.165, 1.54) is 12.4 Å². The largest absolute Gasteiger partial charge is 0.433 e. The maximum absolute atomic E-state index is 13.5. The first kappa shape index (κ1) is 15.3. The Kier molecular flexibility index (Phi) is 3.49. The molecule has 3 heterocycles. The molecule has 0 saturated heterocycles. The average Bonchev–Trinajstić information content (AvgIpc) is 3.05. The molecule has 3 aromatic heterocycles. The van der Waals surface area contributed by atoms with E-state index in [1.807, 2.05) is 18.2 Å². The van der Waals surface area contributed by atoms with E-state index in [-0.39, 0.29) is 11.3 Å². The number of alkyl halides is 3. The highest BCUT2D eigenvalue weighted by atomic mass is 19.4. The number of halogens is 3. The molecule has 0 aliphatic heterocycles. The fraction of sp³-hybridized carbons (Fsp3) is 0.0556. The summed E-state index contributed by atoms with van der Waals surface area (Å²) in [5.74, 6) is 0. The Morgan fingerprint density at radius 3 is 2.32 bits per heavy atom. The Morgan fingerprint density at radius 2 is 1.64 bits per heavy atom. The molecular formula is C18H11F3N4. The van der Waals surface area contributed by atoms with Crippen LogP contribution in [0, 0.1) is 0 Å². The van der Waals surface area contributed by atoms with Gasteiger partial charge in [0.2, 0.25) is 0 Å². The van der Waals surface area contributed by atoms with E-state index in [1.54, 1.807) is 30.3 Å². The van der Waals surface area contributed by atoms with Crippen molar-refractivity contribution < 1.29 is 13.2 Å². The van der Waals surface area contributed by atoms with Crippen molar-refractivity contribution in [3.63, 3.8) is 0 Å². The lowest BCUT2D eigenvalue weighted by Gasteiger charge is -2.11. The molecule has 1 aromatic carbocycles. The number of pyridine rings is 1. The second-order valence-electron chi connectivity index (χ2n) is 5.40. The average molecular weight is 340 g/mol. The van der Waals surface area contributed by atoms with Crippen LogP contribution in [-0.2, 0) is 6.18 Å². The highest BCUT2D eigenvalue weighted by Crippen LogP contribution is 2.34. The third-order valence-corrected chi connectivity index (χ3v) is 3.77. The fourth-order valence-electron chi connectivity index (χ4n) is 2.63. The minimum atomic E-state index is -4.56. The van der Waals surface area contributed by atoms with Crippen LogP contribution >= 0.6 is 0 Å². The van der Waals surface area contributed by atoms with Crippen LogP contribution in [0.25, 0.3) is 28.2 Å². The van der Waals surface area contributed by atoms with Crippen molar-refractivity contribution in [2.75, 3.05) is 0 Å². The van der Waals surface area contributed by atoms with Crippen molar-refractivity contribution in [1.82, 2.24) is 19.6 Å². The zero-order valence-electron chi connectivity index (χ0n) is 12.8. The Balaban J connectivity index is 2.03. The van der Waals surface area contributed by atoms with Crippen molar-refractivity contribution in [1.29, 1.82) is 0 Å². The van der Waals surface area contributed by atoms with Crippen molar-refractivity contribution >= 4 is 5.65 Å². The van der Waals surface area contributed by atoms with E-state index in [2.05, 4.69) is 15.1 Å². The molecule has 4 rings (SSSR count). The summed E-state index contributed by atoms with van der Waals surface area (Å²) in [7, 11) is 0. The maximum atomic E-state index is 13.5. The Labute approximate surface area is 140 Å². The summed E-state index contributed by atoms with van der Waals surface area (Å²) in [6.45, 7) is 0. The SMILES string of the molecule is FC(F)(F)c1cc(-c2ccccn2)nc2c(-c3ccccc3)cnn12. The first-order valence-corrected chi connectivity index (χ1v) is 7.47. The van der Waals surface area contributed by atoms with Gasteiger partial charge in [-0.1, -0.05) is 36.4 Å². The van der Waals surface area contributed by atoms with E-state index in [9.17, 15) is 13.2 Å². The second-order valence-corrected chi connectivity index (χ2v) is 5.40. The van der Waals surface area contributed by atoms with Gasteiger partial charge in [0.05, 0.1) is 17.6 Å². The summed E-state index contributed by atoms with van der Waals surface area (Å²) in [4.78, 5) is 8.50. The van der Waals surface area contributed by atoms with E-state index < -0.39 is 11.9 Å². The lowest BCUT2D eigenvalue weighted by Crippen LogP contribution is -2.13. The molecule has 0 N–H and O–H groups in total. The van der Waals surface area contributed by atoms with Gasteiger partial charge >= 0.3 is 6.18 Å². The predicted molar refractivity (Wildman–Crippen MR) is 86.7 cm³/mol. The van der Waals surface area contributed by atoms with Gasteiger partial charge in [-0.05, 0) is 23.8 Å². The summed E-state index contributed by atoms with van der Waals surface area (Å²) < 4.78 is 41.4. The number of nitrogens with zero attached hydrogens (tertiary/aromatic N) is 4. The molecule has 0 spiro atoms. The van der Waals surface area contributed by atoms with Gasteiger partial charge in [0.25, 0.3) is 0 Å². The molecule has 0 radical (unpaired) electrons. The zero-order valence-corrected chi connectivity index (χ0v) is 12.8. The van der Waals surface area contributed by atoms with Crippen molar-refractivity contribution in [2.45, 2.75) is 6.18 Å². The van der Waals surface area contributed by atoms with Gasteiger partial charge < -0.3 is 0 Å². The van der Waals surface area contributed by atoms with Crippen LogP contribution in [0.1, 0.15) is 5.69 Å². The molecule has 0 aliphatic rings. The molecule has 0 unspecified atom stereocenters. The zero-order chi connectivity index (χ0) is 17.4. The Hall–Kier alpha value is -3.22. The Morgan fingerprint density at radius 1 is 0.880 bits per heavy atom. The van der Waals surface area contributed by atoms with Crippen LogP contribution in [0.15, 0.2) is 67.0 Å². The van der Waals surface area contributed by atoms with Gasteiger partial charge in [0.1, 0.15) is 0 Å². The molecule has 7 heteroatoms. The molecule has 0 fully saturated rings. The van der Waals surface area contributed by atoms with Crippen LogP contribution < -0.4 is 0 Å². The molecule has 0 aliphatic carbocycles. The molecule has 124 valence electrons. The first-order chi connectivity index (χ1) is 12.0. The van der Waals surface area contributed by atoms with Crippen molar-refractivity contribution in [3.05, 3.63) is 72.7 Å². The van der Waals surface area contributed by atoms with Gasteiger partial charge in [0.15, 0.2) is 11.3 Å². The smallest absolute Gasteiger partial charge is 0.255 e.